The van der Waals surface area contributed by atoms with E-state index < -0.39 is 12.1 Å². The van der Waals surface area contributed by atoms with Crippen LogP contribution in [0.1, 0.15) is 36.7 Å². The fraction of sp³-hybridized carbons (Fsp3) is 0.346. The number of esters is 1. The molecule has 3 aromatic rings. The van der Waals surface area contributed by atoms with Crippen LogP contribution in [0.3, 0.4) is 0 Å². The zero-order chi connectivity index (χ0) is 24.8. The van der Waals surface area contributed by atoms with Crippen LogP contribution in [0.5, 0.6) is 17.2 Å². The zero-order valence-corrected chi connectivity index (χ0v) is 20.1. The van der Waals surface area contributed by atoms with Gasteiger partial charge in [-0.3, -0.25) is 0 Å². The van der Waals surface area contributed by atoms with Gasteiger partial charge in [-0.1, -0.05) is 28.9 Å². The van der Waals surface area contributed by atoms with E-state index in [1.165, 1.54) is 6.08 Å². The summed E-state index contributed by atoms with van der Waals surface area (Å²) in [4.78, 5) is 11.5. The first-order chi connectivity index (χ1) is 17.1. The summed E-state index contributed by atoms with van der Waals surface area (Å²) in [6.07, 6.45) is 3.62. The number of ether oxygens (including phenoxy) is 4. The first-order valence-electron chi connectivity index (χ1n) is 11.5. The third kappa shape index (κ3) is 5.00. The molecular weight excluding hydrogens is 450 g/mol. The monoisotopic (exact) mass is 480 g/mol. The third-order valence-electron chi connectivity index (χ3n) is 5.75. The molecule has 0 fully saturated rings. The highest BCUT2D eigenvalue weighted by atomic mass is 16.5. The van der Waals surface area contributed by atoms with E-state index in [0.717, 1.165) is 25.2 Å². The summed E-state index contributed by atoms with van der Waals surface area (Å²) in [5, 5.41) is 16.5. The van der Waals surface area contributed by atoms with Gasteiger partial charge in [-0.2, -0.15) is 0 Å². The molecule has 0 radical (unpaired) electrons. The second-order valence-corrected chi connectivity index (χ2v) is 7.86. The Kier molecular flexibility index (Phi) is 7.67. The quantitative estimate of drug-likeness (QED) is 0.271. The van der Waals surface area contributed by atoms with Crippen molar-refractivity contribution in [3.8, 4) is 22.9 Å². The van der Waals surface area contributed by atoms with Gasteiger partial charge in [0.15, 0.2) is 17.6 Å². The minimum atomic E-state index is -1.05. The number of hydrogen-bond donors (Lipinski definition) is 1. The van der Waals surface area contributed by atoms with Gasteiger partial charge in [0.25, 0.3) is 11.6 Å². The number of aryl methyl sites for hydroxylation is 1. The molecule has 184 valence electrons. The van der Waals surface area contributed by atoms with Crippen LogP contribution in [-0.4, -0.2) is 48.3 Å². The van der Waals surface area contributed by atoms with E-state index in [1.54, 1.807) is 38.0 Å². The van der Waals surface area contributed by atoms with Crippen molar-refractivity contribution in [2.24, 2.45) is 0 Å². The van der Waals surface area contributed by atoms with Gasteiger partial charge in [-0.25, -0.2) is 9.36 Å². The maximum absolute atomic E-state index is 11.7. The first-order valence-corrected chi connectivity index (χ1v) is 11.5. The summed E-state index contributed by atoms with van der Waals surface area (Å²) in [7, 11) is 3.18. The van der Waals surface area contributed by atoms with Crippen molar-refractivity contribution in [3.05, 3.63) is 71.8 Å². The largest absolute Gasteiger partial charge is 0.493 e. The summed E-state index contributed by atoms with van der Waals surface area (Å²) >= 11 is 0. The molecule has 1 aromatic heterocycles. The van der Waals surface area contributed by atoms with Gasteiger partial charge < -0.3 is 24.1 Å². The van der Waals surface area contributed by atoms with Gasteiger partial charge in [0.2, 0.25) is 5.69 Å². The summed E-state index contributed by atoms with van der Waals surface area (Å²) in [5.41, 5.74) is 1.19. The zero-order valence-electron chi connectivity index (χ0n) is 20.1. The van der Waals surface area contributed by atoms with Crippen LogP contribution in [0.4, 0.5) is 0 Å². The Balaban J connectivity index is 1.72. The minimum Gasteiger partial charge on any atom is -0.493 e. The molecule has 1 N–H and O–H groups in total. The van der Waals surface area contributed by atoms with Crippen molar-refractivity contribution in [3.63, 3.8) is 0 Å². The van der Waals surface area contributed by atoms with Crippen LogP contribution in [-0.2, 0) is 22.5 Å². The standard InChI is InChI=1S/C26H30N3O6/c1-4-34-23(30)15-9-17-35-19-11-6-5-10-18(19)25(31)26-28-16-8-14-22(28)27-29(26)24-20(32-2)12-7-13-21(24)33-3/h5-7,9-13,15,25,31H,4,8,14,16-17H2,1-3H3/q+1/b15-9+. The smallest absolute Gasteiger partial charge is 0.330 e. The summed E-state index contributed by atoms with van der Waals surface area (Å²) < 4.78 is 25.7. The van der Waals surface area contributed by atoms with Gasteiger partial charge in [-0.05, 0) is 37.6 Å². The number of benzene rings is 2. The van der Waals surface area contributed by atoms with Crippen molar-refractivity contribution in [2.75, 3.05) is 27.4 Å². The molecule has 0 saturated carbocycles. The fourth-order valence-electron chi connectivity index (χ4n) is 4.21. The average molecular weight is 481 g/mol. The number of carbonyl (C=O) groups is 1. The topological polar surface area (TPSA) is 95.9 Å². The second-order valence-electron chi connectivity index (χ2n) is 7.86. The highest BCUT2D eigenvalue weighted by molar-refractivity contribution is 5.81. The van der Waals surface area contributed by atoms with Crippen molar-refractivity contribution in [2.45, 2.75) is 32.4 Å². The Morgan fingerprint density at radius 1 is 1.14 bits per heavy atom. The van der Waals surface area contributed by atoms with Gasteiger partial charge in [0.1, 0.15) is 12.4 Å². The van der Waals surface area contributed by atoms with Gasteiger partial charge in [-0.15, -0.1) is 0 Å². The lowest BCUT2D eigenvalue weighted by Crippen LogP contribution is -2.38. The highest BCUT2D eigenvalue weighted by Crippen LogP contribution is 2.36. The fourth-order valence-corrected chi connectivity index (χ4v) is 4.21. The maximum atomic E-state index is 11.7. The Labute approximate surface area is 204 Å². The molecular formula is C26H30N3O6+. The Hall–Kier alpha value is -3.85. The van der Waals surface area contributed by atoms with Crippen molar-refractivity contribution < 1.29 is 33.4 Å². The minimum absolute atomic E-state index is 0.146. The average Bonchev–Trinajstić information content (AvgIpc) is 3.47. The van der Waals surface area contributed by atoms with E-state index in [2.05, 4.69) is 0 Å². The predicted octanol–water partition coefficient (Wildman–Crippen LogP) is 2.70. The van der Waals surface area contributed by atoms with Crippen molar-refractivity contribution >= 4 is 5.97 Å². The number of carbonyl (C=O) groups excluding carboxylic acids is 1. The SMILES string of the molecule is CCOC(=O)/C=C/COc1ccccc1C(O)c1n(-c2c(OC)cccc2OC)nc2[n+]1CCC2. The number of fused-ring (bicyclic) bond motifs is 1. The van der Waals surface area contributed by atoms with Crippen molar-refractivity contribution in [1.82, 2.24) is 9.78 Å². The van der Waals surface area contributed by atoms with Gasteiger partial charge in [0.05, 0.1) is 27.4 Å². The van der Waals surface area contributed by atoms with Gasteiger partial charge in [0, 0.05) is 23.2 Å². The molecule has 2 aromatic carbocycles. The Bertz CT molecular complexity index is 1200. The molecule has 2 heterocycles. The normalized spacial score (nSPS) is 13.5. The van der Waals surface area contributed by atoms with Crippen LogP contribution in [0.2, 0.25) is 0 Å². The Morgan fingerprint density at radius 3 is 2.57 bits per heavy atom. The molecule has 1 atom stereocenters. The number of aliphatic hydroxyl groups is 1. The van der Waals surface area contributed by atoms with Crippen LogP contribution in [0, 0.1) is 0 Å². The number of nitrogens with zero attached hydrogens (tertiary/aromatic N) is 3. The number of methoxy groups -OCH3 is 2. The maximum Gasteiger partial charge on any atom is 0.330 e. The second kappa shape index (κ2) is 11.1. The number of aromatic nitrogens is 3. The van der Waals surface area contributed by atoms with E-state index in [-0.39, 0.29) is 6.61 Å². The number of hydrogen-bond acceptors (Lipinski definition) is 7. The molecule has 35 heavy (non-hydrogen) atoms. The third-order valence-corrected chi connectivity index (χ3v) is 5.75. The molecule has 0 saturated heterocycles. The lowest BCUT2D eigenvalue weighted by Gasteiger charge is -2.16. The van der Waals surface area contributed by atoms with Crippen LogP contribution in [0.15, 0.2) is 54.6 Å². The van der Waals surface area contributed by atoms with E-state index >= 15 is 0 Å². The van der Waals surface area contributed by atoms with E-state index in [9.17, 15) is 9.90 Å². The molecule has 1 unspecified atom stereocenters. The highest BCUT2D eigenvalue weighted by Gasteiger charge is 2.38. The molecule has 0 spiro atoms. The van der Waals surface area contributed by atoms with E-state index in [4.69, 9.17) is 24.0 Å². The molecule has 0 amide bonds. The predicted molar refractivity (Wildman–Crippen MR) is 127 cm³/mol. The lowest BCUT2D eigenvalue weighted by atomic mass is 10.1. The van der Waals surface area contributed by atoms with Gasteiger partial charge >= 0.3 is 5.97 Å². The van der Waals surface area contributed by atoms with Crippen LogP contribution in [0.25, 0.3) is 5.69 Å². The van der Waals surface area contributed by atoms with E-state index in [0.29, 0.717) is 40.9 Å². The van der Waals surface area contributed by atoms with Crippen molar-refractivity contribution in [1.29, 1.82) is 0 Å². The number of rotatable bonds is 10. The molecule has 9 nitrogen and oxygen atoms in total. The summed E-state index contributed by atoms with van der Waals surface area (Å²) in [6, 6.07) is 12.8. The van der Waals surface area contributed by atoms with Crippen LogP contribution >= 0.6 is 0 Å². The number of para-hydroxylation sites is 2. The summed E-state index contributed by atoms with van der Waals surface area (Å²) in [6.45, 7) is 2.95. The molecule has 4 rings (SSSR count). The first kappa shape index (κ1) is 24.3. The summed E-state index contributed by atoms with van der Waals surface area (Å²) in [5.74, 6) is 2.69. The van der Waals surface area contributed by atoms with E-state index in [1.807, 2.05) is 41.0 Å². The molecule has 0 bridgehead atoms. The molecule has 1 aliphatic heterocycles. The number of aliphatic hydroxyl groups excluding tert-OH is 1. The Morgan fingerprint density at radius 2 is 1.86 bits per heavy atom. The molecule has 1 aliphatic rings. The lowest BCUT2D eigenvalue weighted by molar-refractivity contribution is -0.701. The molecule has 9 heteroatoms. The molecule has 0 aliphatic carbocycles. The van der Waals surface area contributed by atoms with Crippen LogP contribution < -0.4 is 18.8 Å².